The normalized spacial score (nSPS) is 16.3. The number of hydrogen-bond acceptors (Lipinski definition) is 1. The summed E-state index contributed by atoms with van der Waals surface area (Å²) in [6, 6.07) is 69.4. The second kappa shape index (κ2) is 14.0. The van der Waals surface area contributed by atoms with Gasteiger partial charge in [0, 0.05) is 11.3 Å². The van der Waals surface area contributed by atoms with E-state index >= 15 is 0 Å². The van der Waals surface area contributed by atoms with Crippen molar-refractivity contribution in [3.8, 4) is 0 Å². The van der Waals surface area contributed by atoms with Crippen LogP contribution in [0.4, 0.5) is 5.69 Å². The van der Waals surface area contributed by atoms with Crippen LogP contribution in [0.25, 0.3) is 22.2 Å². The standard InChI is InChI=1S/C47H37BN2S/c1-36-30-32-42(33-31-36)50-47(51)45(39-24-12-4-13-25-39)43(37-20-8-2-9-21-37)44(38-22-10-3-11-23-38)46(40-26-14-5-15-27-40)48(50,41-28-16-6-17-29-41)49-34-18-7-19-35-49/h2-35H,1H3/t48-/m1/s1. The van der Waals surface area contributed by atoms with Gasteiger partial charge < -0.3 is 9.29 Å². The summed E-state index contributed by atoms with van der Waals surface area (Å²) in [5.74, 6) is 0. The molecule has 0 radical (unpaired) electrons. The highest BCUT2D eigenvalue weighted by molar-refractivity contribution is 7.82. The highest BCUT2D eigenvalue weighted by Gasteiger charge is 2.54. The quantitative estimate of drug-likeness (QED) is 0.123. The molecule has 8 rings (SSSR count). The number of thiocarbonyl (C=S) groups is 1. The zero-order chi connectivity index (χ0) is 34.6. The van der Waals surface area contributed by atoms with E-state index in [1.165, 1.54) is 11.0 Å². The second-order valence-electron chi connectivity index (χ2n) is 13.0. The Hall–Kier alpha value is -6.10. The SMILES string of the molecule is Cc1ccc(N2C(=S)C(c3ccccc3)=C(c3ccccc3)C(c3ccccc3)=C(c3ccccc3)[B@-]2(c2ccccc2)[n+]2ccccc2)cc1. The van der Waals surface area contributed by atoms with Crippen molar-refractivity contribution < 1.29 is 4.48 Å². The predicted molar refractivity (Wildman–Crippen MR) is 220 cm³/mol. The third kappa shape index (κ3) is 5.74. The molecule has 2 heterocycles. The van der Waals surface area contributed by atoms with Crippen LogP contribution in [0, 0.1) is 6.92 Å². The number of aromatic nitrogens is 1. The van der Waals surface area contributed by atoms with Crippen LogP contribution in [-0.2, 0) is 0 Å². The van der Waals surface area contributed by atoms with Gasteiger partial charge in [-0.2, -0.15) is 0 Å². The summed E-state index contributed by atoms with van der Waals surface area (Å²) in [4.78, 5) is 3.22. The molecule has 0 unspecified atom stereocenters. The first kappa shape index (κ1) is 32.1. The Morgan fingerprint density at radius 1 is 0.431 bits per heavy atom. The van der Waals surface area contributed by atoms with Gasteiger partial charge in [0.15, 0.2) is 0 Å². The Balaban J connectivity index is 1.71. The zero-order valence-corrected chi connectivity index (χ0v) is 29.3. The van der Waals surface area contributed by atoms with Crippen LogP contribution in [0.15, 0.2) is 207 Å². The maximum absolute atomic E-state index is 7.01. The van der Waals surface area contributed by atoms with E-state index in [0.29, 0.717) is 0 Å². The molecule has 1 aliphatic heterocycles. The molecule has 6 aromatic carbocycles. The summed E-state index contributed by atoms with van der Waals surface area (Å²) >= 11 is 7.01. The molecule has 0 N–H and O–H groups in total. The van der Waals surface area contributed by atoms with Crippen molar-refractivity contribution in [2.45, 2.75) is 6.92 Å². The lowest BCUT2D eigenvalue weighted by Crippen LogP contribution is -2.82. The average molecular weight is 673 g/mol. The van der Waals surface area contributed by atoms with Gasteiger partial charge in [-0.05, 0) is 59.0 Å². The van der Waals surface area contributed by atoms with Crippen molar-refractivity contribution in [2.75, 3.05) is 4.81 Å². The van der Waals surface area contributed by atoms with Gasteiger partial charge in [-0.1, -0.05) is 199 Å². The van der Waals surface area contributed by atoms with Gasteiger partial charge in [0.05, 0.1) is 4.99 Å². The Kier molecular flexibility index (Phi) is 8.84. The average Bonchev–Trinajstić information content (AvgIpc) is 3.31. The fraction of sp³-hybridized carbons (Fsp3) is 0.0213. The van der Waals surface area contributed by atoms with E-state index in [1.54, 1.807) is 0 Å². The summed E-state index contributed by atoms with van der Waals surface area (Å²) < 4.78 is 2.41. The van der Waals surface area contributed by atoms with Gasteiger partial charge in [0.25, 0.3) is 0 Å². The van der Waals surface area contributed by atoms with Crippen LogP contribution in [0.5, 0.6) is 0 Å². The van der Waals surface area contributed by atoms with Crippen molar-refractivity contribution in [3.63, 3.8) is 0 Å². The van der Waals surface area contributed by atoms with Crippen LogP contribution >= 0.6 is 12.2 Å². The molecule has 0 aliphatic carbocycles. The predicted octanol–water partition coefficient (Wildman–Crippen LogP) is 10.1. The van der Waals surface area contributed by atoms with Crippen molar-refractivity contribution in [1.29, 1.82) is 0 Å². The molecule has 1 aromatic heterocycles. The largest absolute Gasteiger partial charge is 0.438 e. The van der Waals surface area contributed by atoms with E-state index in [4.69, 9.17) is 12.2 Å². The monoisotopic (exact) mass is 672 g/mol. The van der Waals surface area contributed by atoms with Crippen molar-refractivity contribution in [2.24, 2.45) is 0 Å². The smallest absolute Gasteiger partial charge is 0.436 e. The number of allylic oxidation sites excluding steroid dienone is 2. The number of aryl methyl sites for hydroxylation is 1. The maximum Gasteiger partial charge on any atom is 0.436 e. The van der Waals surface area contributed by atoms with Crippen LogP contribution < -0.4 is 14.8 Å². The fourth-order valence-corrected chi connectivity index (χ4v) is 8.32. The maximum atomic E-state index is 7.01. The lowest BCUT2D eigenvalue weighted by molar-refractivity contribution is -0.542. The third-order valence-corrected chi connectivity index (χ3v) is 10.4. The molecule has 0 saturated heterocycles. The molecule has 7 aromatic rings. The first-order chi connectivity index (χ1) is 25.2. The molecule has 1 atom stereocenters. The van der Waals surface area contributed by atoms with E-state index in [-0.39, 0.29) is 0 Å². The van der Waals surface area contributed by atoms with E-state index in [0.717, 1.165) is 55.1 Å². The lowest BCUT2D eigenvalue weighted by atomic mass is 9.32. The third-order valence-electron chi connectivity index (χ3n) is 10.00. The minimum atomic E-state index is -2.11. The van der Waals surface area contributed by atoms with E-state index in [1.807, 2.05) is 0 Å². The summed E-state index contributed by atoms with van der Waals surface area (Å²) in [6.07, 6.45) is 2.31. The number of anilines is 1. The van der Waals surface area contributed by atoms with Crippen LogP contribution in [0.2, 0.25) is 0 Å². The molecular formula is C47H37BN2S. The summed E-state index contributed by atoms with van der Waals surface area (Å²) in [6.45, 7) is 2.14. The van der Waals surface area contributed by atoms with Gasteiger partial charge in [-0.3, -0.25) is 0 Å². The molecule has 2 nitrogen and oxygen atoms in total. The van der Waals surface area contributed by atoms with Gasteiger partial charge in [0.1, 0.15) is 12.4 Å². The molecule has 1 aliphatic rings. The highest BCUT2D eigenvalue weighted by atomic mass is 32.1. The second-order valence-corrected chi connectivity index (χ2v) is 13.4. The Morgan fingerprint density at radius 2 is 0.843 bits per heavy atom. The van der Waals surface area contributed by atoms with E-state index in [2.05, 4.69) is 223 Å². The number of benzene rings is 6. The molecule has 0 saturated carbocycles. The summed E-state index contributed by atoms with van der Waals surface area (Å²) in [5.41, 5.74) is 12.2. The molecule has 244 valence electrons. The van der Waals surface area contributed by atoms with Crippen molar-refractivity contribution >= 4 is 57.0 Å². The lowest BCUT2D eigenvalue weighted by Gasteiger charge is -2.48. The topological polar surface area (TPSA) is 7.12 Å². The molecule has 0 bridgehead atoms. The number of hydrogen-bond donors (Lipinski definition) is 0. The Morgan fingerprint density at radius 3 is 1.35 bits per heavy atom. The van der Waals surface area contributed by atoms with E-state index in [9.17, 15) is 0 Å². The van der Waals surface area contributed by atoms with Crippen molar-refractivity contribution in [1.82, 2.24) is 0 Å². The molecular weight excluding hydrogens is 635 g/mol. The zero-order valence-electron chi connectivity index (χ0n) is 28.5. The summed E-state index contributed by atoms with van der Waals surface area (Å²) in [5, 5.41) is 0. The molecule has 0 spiro atoms. The number of rotatable bonds is 7. The van der Waals surface area contributed by atoms with Crippen molar-refractivity contribution in [3.05, 3.63) is 234 Å². The van der Waals surface area contributed by atoms with Gasteiger partial charge in [0.2, 0.25) is 0 Å². The fourth-order valence-electron chi connectivity index (χ4n) is 7.84. The van der Waals surface area contributed by atoms with Gasteiger partial charge in [-0.15, -0.1) is 5.46 Å². The molecule has 0 amide bonds. The van der Waals surface area contributed by atoms with Gasteiger partial charge >= 0.3 is 6.42 Å². The molecule has 4 heteroatoms. The van der Waals surface area contributed by atoms with Crippen LogP contribution in [0.1, 0.15) is 27.8 Å². The van der Waals surface area contributed by atoms with Gasteiger partial charge in [-0.25, -0.2) is 0 Å². The van der Waals surface area contributed by atoms with Crippen LogP contribution in [-0.4, -0.2) is 11.4 Å². The Labute approximate surface area is 306 Å². The van der Waals surface area contributed by atoms with E-state index < -0.39 is 6.42 Å². The first-order valence-corrected chi connectivity index (χ1v) is 17.9. The minimum absolute atomic E-state index is 0.753. The van der Waals surface area contributed by atoms with Crippen LogP contribution in [0.3, 0.4) is 0 Å². The minimum Gasteiger partial charge on any atom is -0.438 e. The molecule has 0 fully saturated rings. The number of nitrogens with zero attached hydrogens (tertiary/aromatic N) is 2. The number of pyridine rings is 1. The highest BCUT2D eigenvalue weighted by Crippen LogP contribution is 2.49. The molecule has 51 heavy (non-hydrogen) atoms. The summed E-state index contributed by atoms with van der Waals surface area (Å²) in [7, 11) is 0. The first-order valence-electron chi connectivity index (χ1n) is 17.5. The Bertz CT molecular complexity index is 2300.